The molecule has 1 aliphatic carbocycles. The van der Waals surface area contributed by atoms with Gasteiger partial charge in [0.05, 0.1) is 11.1 Å². The van der Waals surface area contributed by atoms with E-state index in [1.807, 2.05) is 0 Å². The highest BCUT2D eigenvalue weighted by atomic mass is 16.5. The molecule has 2 aliphatic rings. The van der Waals surface area contributed by atoms with Crippen molar-refractivity contribution in [3.05, 3.63) is 295 Å². The van der Waals surface area contributed by atoms with Crippen molar-refractivity contribution in [3.63, 3.8) is 0 Å². The molecule has 16 rings (SSSR count). The minimum Gasteiger partial charge on any atom is -0.457 e. The fourth-order valence-corrected chi connectivity index (χ4v) is 13.1. The Morgan fingerprint density at radius 2 is 0.829 bits per heavy atom. The molecule has 1 aliphatic heterocycles. The summed E-state index contributed by atoms with van der Waals surface area (Å²) in [5.41, 5.74) is 18.6. The van der Waals surface area contributed by atoms with E-state index in [4.69, 9.17) is 9.15 Å². The number of hydrogen-bond acceptors (Lipinski definition) is 3. The zero-order valence-corrected chi connectivity index (χ0v) is 41.2. The summed E-state index contributed by atoms with van der Waals surface area (Å²) in [6.45, 7) is 0. The monoisotopic (exact) mass is 967 g/mol. The average molecular weight is 968 g/mol. The first-order valence-corrected chi connectivity index (χ1v) is 26.1. The van der Waals surface area contributed by atoms with Crippen LogP contribution in [0.4, 0.5) is 17.1 Å². The molecular weight excluding hydrogens is 923 g/mol. The van der Waals surface area contributed by atoms with Gasteiger partial charge >= 0.3 is 0 Å². The summed E-state index contributed by atoms with van der Waals surface area (Å²) in [5, 5.41) is 9.35. The van der Waals surface area contributed by atoms with Gasteiger partial charge in [-0.3, -0.25) is 0 Å². The van der Waals surface area contributed by atoms with Gasteiger partial charge in [-0.15, -0.1) is 0 Å². The molecule has 0 fully saturated rings. The molecular formula is C73H45NO2. The molecule has 3 nitrogen and oxygen atoms in total. The van der Waals surface area contributed by atoms with Crippen LogP contribution in [0.1, 0.15) is 22.3 Å². The van der Waals surface area contributed by atoms with Gasteiger partial charge in [0, 0.05) is 44.2 Å². The SMILES string of the molecule is c1ccc(-c2cccc3c2oc2c3ccc3cccc(N(c4ccc(-c5cccc6c5-c5ccccc5C65c6ccccc6Oc6ccccc65)cc4)c4ccc(-c5cc6ccccc6c6ccccc56)cc4)c32)cc1. The van der Waals surface area contributed by atoms with Gasteiger partial charge in [0.1, 0.15) is 22.7 Å². The number of hydrogen-bond donors (Lipinski definition) is 0. The highest BCUT2D eigenvalue weighted by Gasteiger charge is 2.51. The third kappa shape index (κ3) is 6.11. The first-order chi connectivity index (χ1) is 37.7. The molecule has 1 spiro atoms. The van der Waals surface area contributed by atoms with Crippen LogP contribution in [0, 0.1) is 0 Å². The van der Waals surface area contributed by atoms with Crippen molar-refractivity contribution in [2.45, 2.75) is 5.41 Å². The van der Waals surface area contributed by atoms with Crippen LogP contribution in [-0.2, 0) is 5.41 Å². The number of anilines is 3. The number of para-hydroxylation sites is 3. The van der Waals surface area contributed by atoms with E-state index in [2.05, 4.69) is 278 Å². The van der Waals surface area contributed by atoms with Crippen LogP contribution >= 0.6 is 0 Å². The lowest BCUT2D eigenvalue weighted by Crippen LogP contribution is -2.32. The summed E-state index contributed by atoms with van der Waals surface area (Å²) in [4.78, 5) is 2.41. The van der Waals surface area contributed by atoms with Crippen LogP contribution in [0.5, 0.6) is 11.5 Å². The van der Waals surface area contributed by atoms with E-state index >= 15 is 0 Å². The molecule has 13 aromatic carbocycles. The zero-order chi connectivity index (χ0) is 49.9. The summed E-state index contributed by atoms with van der Waals surface area (Å²) >= 11 is 0. The predicted octanol–water partition coefficient (Wildman–Crippen LogP) is 20.0. The number of benzene rings is 13. The largest absolute Gasteiger partial charge is 0.457 e. The summed E-state index contributed by atoms with van der Waals surface area (Å²) in [7, 11) is 0. The smallest absolute Gasteiger partial charge is 0.145 e. The van der Waals surface area contributed by atoms with Crippen molar-refractivity contribution in [1.29, 1.82) is 0 Å². The lowest BCUT2D eigenvalue weighted by Gasteiger charge is -2.39. The molecule has 0 saturated carbocycles. The van der Waals surface area contributed by atoms with Crippen molar-refractivity contribution in [2.75, 3.05) is 4.90 Å². The van der Waals surface area contributed by atoms with Crippen LogP contribution in [0.2, 0.25) is 0 Å². The Morgan fingerprint density at radius 3 is 1.59 bits per heavy atom. The van der Waals surface area contributed by atoms with E-state index in [1.54, 1.807) is 0 Å². The fraction of sp³-hybridized carbons (Fsp3) is 0.0137. The Labute approximate surface area is 439 Å². The Balaban J connectivity index is 0.890. The van der Waals surface area contributed by atoms with Crippen LogP contribution in [0.25, 0.3) is 98.8 Å². The lowest BCUT2D eigenvalue weighted by atomic mass is 9.66. The lowest BCUT2D eigenvalue weighted by molar-refractivity contribution is 0.436. The third-order valence-electron chi connectivity index (χ3n) is 16.3. The van der Waals surface area contributed by atoms with Gasteiger partial charge in [0.25, 0.3) is 0 Å². The highest BCUT2D eigenvalue weighted by Crippen LogP contribution is 2.63. The maximum atomic E-state index is 7.17. The Bertz CT molecular complexity index is 4620. The first-order valence-electron chi connectivity index (χ1n) is 26.1. The number of fused-ring (bicyclic) bond motifs is 17. The van der Waals surface area contributed by atoms with Gasteiger partial charge in [-0.05, 0) is 132 Å². The second-order valence-electron chi connectivity index (χ2n) is 20.2. The quantitative estimate of drug-likeness (QED) is 0.155. The zero-order valence-electron chi connectivity index (χ0n) is 41.2. The first kappa shape index (κ1) is 42.5. The van der Waals surface area contributed by atoms with Crippen LogP contribution in [-0.4, -0.2) is 0 Å². The van der Waals surface area contributed by atoms with E-state index in [0.717, 1.165) is 94.7 Å². The molecule has 1 aromatic heterocycles. The fourth-order valence-electron chi connectivity index (χ4n) is 13.1. The van der Waals surface area contributed by atoms with E-state index in [0.29, 0.717) is 0 Å². The molecule has 0 amide bonds. The molecule has 0 atom stereocenters. The second kappa shape index (κ2) is 16.5. The van der Waals surface area contributed by atoms with E-state index in [1.165, 1.54) is 54.9 Å². The summed E-state index contributed by atoms with van der Waals surface area (Å²) in [6.07, 6.45) is 0. The maximum absolute atomic E-state index is 7.17. The molecule has 0 N–H and O–H groups in total. The predicted molar refractivity (Wildman–Crippen MR) is 315 cm³/mol. The Morgan fingerprint density at radius 1 is 0.303 bits per heavy atom. The maximum Gasteiger partial charge on any atom is 0.145 e. The molecule has 2 heterocycles. The van der Waals surface area contributed by atoms with Gasteiger partial charge in [-0.25, -0.2) is 0 Å². The number of ether oxygens (including phenoxy) is 1. The van der Waals surface area contributed by atoms with Gasteiger partial charge in [-0.1, -0.05) is 218 Å². The van der Waals surface area contributed by atoms with Gasteiger partial charge < -0.3 is 14.1 Å². The number of furan rings is 1. The molecule has 76 heavy (non-hydrogen) atoms. The van der Waals surface area contributed by atoms with Crippen LogP contribution < -0.4 is 9.64 Å². The van der Waals surface area contributed by atoms with E-state index < -0.39 is 5.41 Å². The van der Waals surface area contributed by atoms with Gasteiger partial charge in [0.15, 0.2) is 0 Å². The third-order valence-corrected chi connectivity index (χ3v) is 16.3. The van der Waals surface area contributed by atoms with Crippen molar-refractivity contribution < 1.29 is 9.15 Å². The van der Waals surface area contributed by atoms with Crippen LogP contribution in [0.15, 0.2) is 277 Å². The Kier molecular flexibility index (Phi) is 9.25. The van der Waals surface area contributed by atoms with Crippen molar-refractivity contribution >= 4 is 71.3 Å². The molecule has 14 aromatic rings. The van der Waals surface area contributed by atoms with Gasteiger partial charge in [0.2, 0.25) is 0 Å². The van der Waals surface area contributed by atoms with Gasteiger partial charge in [-0.2, -0.15) is 0 Å². The van der Waals surface area contributed by atoms with E-state index in [-0.39, 0.29) is 0 Å². The molecule has 0 unspecified atom stereocenters. The normalized spacial score (nSPS) is 12.9. The van der Waals surface area contributed by atoms with Crippen molar-refractivity contribution in [3.8, 4) is 56.0 Å². The minimum atomic E-state index is -0.548. The molecule has 0 bridgehead atoms. The molecule has 354 valence electrons. The number of nitrogens with zero attached hydrogens (tertiary/aromatic N) is 1. The number of rotatable bonds is 6. The summed E-state index contributed by atoms with van der Waals surface area (Å²) in [5.74, 6) is 1.78. The summed E-state index contributed by atoms with van der Waals surface area (Å²) < 4.78 is 13.8. The van der Waals surface area contributed by atoms with Crippen molar-refractivity contribution in [1.82, 2.24) is 0 Å². The summed E-state index contributed by atoms with van der Waals surface area (Å²) in [6, 6.07) is 99.3. The molecule has 3 heteroatoms. The van der Waals surface area contributed by atoms with Crippen LogP contribution in [0.3, 0.4) is 0 Å². The van der Waals surface area contributed by atoms with Crippen molar-refractivity contribution in [2.24, 2.45) is 0 Å². The average Bonchev–Trinajstić information content (AvgIpc) is 4.04. The highest BCUT2D eigenvalue weighted by molar-refractivity contribution is 6.21. The minimum absolute atomic E-state index is 0.548. The molecule has 0 saturated heterocycles. The topological polar surface area (TPSA) is 25.6 Å². The standard InChI is InChI=1S/C73H45NO2/c1-2-17-46(18-3-1)55-26-15-27-58-59-44-39-49-20-14-32-66(69(49)72(59)76-71(55)58)74(52-42-37-48(38-43-52)61-45-50-19-4-5-21-53(50)56-22-6-7-23-57(56)61)51-40-35-47(36-41-51)54-25-16-31-65-70(54)60-24-8-9-28-62(60)73(65)63-29-10-12-33-67(63)75-68-34-13-11-30-64(68)73/h1-45H. The Hall–Kier alpha value is -9.96. The molecule has 0 radical (unpaired) electrons. The van der Waals surface area contributed by atoms with E-state index in [9.17, 15) is 0 Å². The second-order valence-corrected chi connectivity index (χ2v) is 20.2.